The Labute approximate surface area is 186 Å². The molecule has 3 heterocycles. The number of carbonyl (C=O) groups excluding carboxylic acids is 2. The smallest absolute Gasteiger partial charge is 0.228 e. The van der Waals surface area contributed by atoms with Crippen molar-refractivity contribution in [2.45, 2.75) is 19.5 Å². The summed E-state index contributed by atoms with van der Waals surface area (Å²) in [7, 11) is 0. The van der Waals surface area contributed by atoms with Gasteiger partial charge in [0.1, 0.15) is 5.01 Å². The standard InChI is InChI=1S/C24H26N4O2S/c29-23-14-19(16-28(23)15-18-6-2-1-3-7-18)24(30)27-12-10-26(11-13-27)17-22-25-20-8-4-5-9-21(20)31-22/h1-9,19H,10-17H2. The van der Waals surface area contributed by atoms with Gasteiger partial charge in [-0.1, -0.05) is 42.5 Å². The third-order valence-electron chi connectivity index (χ3n) is 6.16. The lowest BCUT2D eigenvalue weighted by Gasteiger charge is -2.35. The number of likely N-dealkylation sites (tertiary alicyclic amines) is 1. The molecule has 160 valence electrons. The Morgan fingerprint density at radius 3 is 2.48 bits per heavy atom. The monoisotopic (exact) mass is 434 g/mol. The van der Waals surface area contributed by atoms with Crippen LogP contribution in [0.5, 0.6) is 0 Å². The number of benzene rings is 2. The van der Waals surface area contributed by atoms with Gasteiger partial charge in [-0.25, -0.2) is 4.98 Å². The summed E-state index contributed by atoms with van der Waals surface area (Å²) in [6, 6.07) is 18.2. The molecule has 2 aliphatic heterocycles. The average molecular weight is 435 g/mol. The van der Waals surface area contributed by atoms with Gasteiger partial charge in [-0.2, -0.15) is 0 Å². The fraction of sp³-hybridized carbons (Fsp3) is 0.375. The molecular weight excluding hydrogens is 408 g/mol. The van der Waals surface area contributed by atoms with Crippen LogP contribution in [0.4, 0.5) is 0 Å². The van der Waals surface area contributed by atoms with Crippen molar-refractivity contribution in [1.29, 1.82) is 0 Å². The second-order valence-corrected chi connectivity index (χ2v) is 9.45. The largest absolute Gasteiger partial charge is 0.340 e. The Morgan fingerprint density at radius 1 is 0.968 bits per heavy atom. The second kappa shape index (κ2) is 8.77. The van der Waals surface area contributed by atoms with Crippen LogP contribution in [0, 0.1) is 5.92 Å². The molecule has 6 nitrogen and oxygen atoms in total. The Hall–Kier alpha value is -2.77. The van der Waals surface area contributed by atoms with Gasteiger partial charge >= 0.3 is 0 Å². The molecule has 0 aliphatic carbocycles. The number of hydrogen-bond acceptors (Lipinski definition) is 5. The zero-order valence-electron chi connectivity index (χ0n) is 17.4. The van der Waals surface area contributed by atoms with E-state index in [9.17, 15) is 9.59 Å². The minimum Gasteiger partial charge on any atom is -0.340 e. The molecule has 0 saturated carbocycles. The van der Waals surface area contributed by atoms with Gasteiger partial charge in [0.25, 0.3) is 0 Å². The van der Waals surface area contributed by atoms with E-state index in [-0.39, 0.29) is 17.7 Å². The summed E-state index contributed by atoms with van der Waals surface area (Å²) >= 11 is 1.74. The molecule has 0 radical (unpaired) electrons. The van der Waals surface area contributed by atoms with Gasteiger partial charge in [0.2, 0.25) is 11.8 Å². The van der Waals surface area contributed by atoms with Crippen molar-refractivity contribution >= 4 is 33.4 Å². The van der Waals surface area contributed by atoms with Gasteiger partial charge in [0, 0.05) is 45.7 Å². The lowest BCUT2D eigenvalue weighted by molar-refractivity contribution is -0.137. The van der Waals surface area contributed by atoms with Gasteiger partial charge in [0.15, 0.2) is 0 Å². The van der Waals surface area contributed by atoms with E-state index in [0.29, 0.717) is 32.6 Å². The number of piperazine rings is 1. The molecule has 1 aromatic heterocycles. The molecule has 1 unspecified atom stereocenters. The maximum absolute atomic E-state index is 13.0. The minimum atomic E-state index is -0.216. The van der Waals surface area contributed by atoms with Crippen molar-refractivity contribution in [3.05, 3.63) is 65.2 Å². The Morgan fingerprint density at radius 2 is 1.71 bits per heavy atom. The number of amides is 2. The number of hydrogen-bond donors (Lipinski definition) is 0. The minimum absolute atomic E-state index is 0.0803. The molecule has 2 amide bonds. The number of rotatable bonds is 5. The molecular formula is C24H26N4O2S. The van der Waals surface area contributed by atoms with E-state index >= 15 is 0 Å². The average Bonchev–Trinajstić information content (AvgIpc) is 3.37. The van der Waals surface area contributed by atoms with Crippen LogP contribution in [0.3, 0.4) is 0 Å². The van der Waals surface area contributed by atoms with Crippen LogP contribution in [-0.4, -0.2) is 64.2 Å². The van der Waals surface area contributed by atoms with E-state index < -0.39 is 0 Å². The van der Waals surface area contributed by atoms with Crippen LogP contribution in [0.25, 0.3) is 10.2 Å². The molecule has 3 aromatic rings. The zero-order valence-corrected chi connectivity index (χ0v) is 18.3. The molecule has 2 saturated heterocycles. The summed E-state index contributed by atoms with van der Waals surface area (Å²) in [6.07, 6.45) is 0.331. The van der Waals surface area contributed by atoms with Gasteiger partial charge in [0.05, 0.1) is 22.7 Å². The molecule has 2 aliphatic rings. The van der Waals surface area contributed by atoms with Crippen molar-refractivity contribution < 1.29 is 9.59 Å². The van der Waals surface area contributed by atoms with E-state index in [1.807, 2.05) is 52.3 Å². The molecule has 0 spiro atoms. The molecule has 31 heavy (non-hydrogen) atoms. The van der Waals surface area contributed by atoms with Gasteiger partial charge in [-0.05, 0) is 17.7 Å². The summed E-state index contributed by atoms with van der Waals surface area (Å²) in [6.45, 7) is 5.05. The maximum atomic E-state index is 13.0. The highest BCUT2D eigenvalue weighted by Gasteiger charge is 2.37. The quantitative estimate of drug-likeness (QED) is 0.620. The molecule has 0 bridgehead atoms. The van der Waals surface area contributed by atoms with Crippen LogP contribution in [0.15, 0.2) is 54.6 Å². The van der Waals surface area contributed by atoms with Crippen LogP contribution >= 0.6 is 11.3 Å². The fourth-order valence-electron chi connectivity index (χ4n) is 4.46. The molecule has 0 N–H and O–H groups in total. The van der Waals surface area contributed by atoms with E-state index in [4.69, 9.17) is 4.98 Å². The summed E-state index contributed by atoms with van der Waals surface area (Å²) in [4.78, 5) is 36.3. The SMILES string of the molecule is O=C1CC(C(=O)N2CCN(Cc3nc4ccccc4s3)CC2)CN1Cc1ccccc1. The van der Waals surface area contributed by atoms with Gasteiger partial charge < -0.3 is 9.80 Å². The molecule has 1 atom stereocenters. The van der Waals surface area contributed by atoms with E-state index in [2.05, 4.69) is 17.0 Å². The first-order valence-electron chi connectivity index (χ1n) is 10.8. The first-order valence-corrected chi connectivity index (χ1v) is 11.6. The number of para-hydroxylation sites is 1. The Bertz CT molecular complexity index is 1040. The predicted molar refractivity (Wildman–Crippen MR) is 121 cm³/mol. The number of carbonyl (C=O) groups is 2. The normalized spacial score (nSPS) is 20.0. The van der Waals surface area contributed by atoms with Crippen LogP contribution < -0.4 is 0 Å². The summed E-state index contributed by atoms with van der Waals surface area (Å²) < 4.78 is 1.22. The first-order chi connectivity index (χ1) is 15.2. The van der Waals surface area contributed by atoms with E-state index in [1.54, 1.807) is 11.3 Å². The van der Waals surface area contributed by atoms with Crippen LogP contribution in [0.1, 0.15) is 17.0 Å². The molecule has 5 rings (SSSR count). The van der Waals surface area contributed by atoms with Crippen molar-refractivity contribution in [3.8, 4) is 0 Å². The van der Waals surface area contributed by atoms with Crippen LogP contribution in [-0.2, 0) is 22.7 Å². The highest BCUT2D eigenvalue weighted by Crippen LogP contribution is 2.25. The summed E-state index contributed by atoms with van der Waals surface area (Å²) in [5.74, 6) is -0.00718. The molecule has 2 aromatic carbocycles. The third-order valence-corrected chi connectivity index (χ3v) is 7.18. The number of nitrogens with zero attached hydrogens (tertiary/aromatic N) is 4. The zero-order chi connectivity index (χ0) is 21.2. The number of thiazole rings is 1. The molecule has 2 fully saturated rings. The highest BCUT2D eigenvalue weighted by atomic mass is 32.1. The fourth-order valence-corrected chi connectivity index (χ4v) is 5.47. The van der Waals surface area contributed by atoms with Crippen molar-refractivity contribution in [2.24, 2.45) is 5.92 Å². The van der Waals surface area contributed by atoms with Crippen molar-refractivity contribution in [3.63, 3.8) is 0 Å². The van der Waals surface area contributed by atoms with Crippen LogP contribution in [0.2, 0.25) is 0 Å². The van der Waals surface area contributed by atoms with E-state index in [1.165, 1.54) is 4.70 Å². The van der Waals surface area contributed by atoms with Gasteiger partial charge in [-0.3, -0.25) is 14.5 Å². The number of aromatic nitrogens is 1. The lowest BCUT2D eigenvalue weighted by atomic mass is 10.1. The highest BCUT2D eigenvalue weighted by molar-refractivity contribution is 7.18. The topological polar surface area (TPSA) is 56.8 Å². The Balaban J connectivity index is 1.13. The maximum Gasteiger partial charge on any atom is 0.228 e. The summed E-state index contributed by atoms with van der Waals surface area (Å²) in [5, 5.41) is 1.12. The Kier molecular flexibility index (Phi) is 5.70. The third kappa shape index (κ3) is 4.48. The molecule has 7 heteroatoms. The lowest BCUT2D eigenvalue weighted by Crippen LogP contribution is -2.50. The van der Waals surface area contributed by atoms with Crippen molar-refractivity contribution in [2.75, 3.05) is 32.7 Å². The number of fused-ring (bicyclic) bond motifs is 1. The van der Waals surface area contributed by atoms with Crippen molar-refractivity contribution in [1.82, 2.24) is 19.7 Å². The second-order valence-electron chi connectivity index (χ2n) is 8.34. The van der Waals surface area contributed by atoms with E-state index in [0.717, 1.165) is 35.7 Å². The summed E-state index contributed by atoms with van der Waals surface area (Å²) in [5.41, 5.74) is 2.16. The predicted octanol–water partition coefficient (Wildman–Crippen LogP) is 2.99. The van der Waals surface area contributed by atoms with Gasteiger partial charge in [-0.15, -0.1) is 11.3 Å². The first kappa shape index (κ1) is 20.2.